The van der Waals surface area contributed by atoms with Crippen molar-refractivity contribution in [2.75, 3.05) is 13.6 Å². The molecule has 0 saturated carbocycles. The number of hydrogen-bond donors (Lipinski definition) is 1. The SMILES string of the molecule is CC.CC.CNCC(C)=O.Cc1ccc2ccccc2c1. The molecule has 2 heteroatoms. The van der Waals surface area contributed by atoms with Crippen molar-refractivity contribution < 1.29 is 4.79 Å². The number of rotatable bonds is 2. The number of hydrogen-bond acceptors (Lipinski definition) is 2. The van der Waals surface area contributed by atoms with Gasteiger partial charge in [0.1, 0.15) is 5.78 Å². The molecule has 0 bridgehead atoms. The van der Waals surface area contributed by atoms with Crippen molar-refractivity contribution >= 4 is 16.6 Å². The van der Waals surface area contributed by atoms with E-state index in [1.807, 2.05) is 27.7 Å². The molecule has 0 aliphatic carbocycles. The standard InChI is InChI=1S/C11H10.C4H9NO.2C2H6/c1-9-6-7-10-4-2-3-5-11(10)8-9;1-4(6)3-5-2;2*1-2/h2-8H,1H3;5H,3H2,1-2H3;2*1-2H3. The molecule has 21 heavy (non-hydrogen) atoms. The van der Waals surface area contributed by atoms with Gasteiger partial charge in [0.15, 0.2) is 0 Å². The molecular formula is C19H31NO. The van der Waals surface area contributed by atoms with Gasteiger partial charge in [0.05, 0.1) is 6.54 Å². The molecule has 118 valence electrons. The maximum atomic E-state index is 9.98. The summed E-state index contributed by atoms with van der Waals surface area (Å²) in [6, 6.07) is 14.9. The van der Waals surface area contributed by atoms with Crippen molar-refractivity contribution in [3.8, 4) is 0 Å². The van der Waals surface area contributed by atoms with Crippen LogP contribution >= 0.6 is 0 Å². The zero-order chi connectivity index (χ0) is 16.7. The number of benzene rings is 2. The van der Waals surface area contributed by atoms with Gasteiger partial charge in [0, 0.05) is 0 Å². The second kappa shape index (κ2) is 14.7. The summed E-state index contributed by atoms with van der Waals surface area (Å²) in [6.07, 6.45) is 0. The van der Waals surface area contributed by atoms with E-state index in [-0.39, 0.29) is 5.78 Å². The number of nitrogens with one attached hydrogen (secondary N) is 1. The van der Waals surface area contributed by atoms with Crippen molar-refractivity contribution in [2.45, 2.75) is 41.5 Å². The molecule has 0 fully saturated rings. The van der Waals surface area contributed by atoms with Crippen LogP contribution in [0, 0.1) is 6.92 Å². The Morgan fingerprint density at radius 3 is 1.90 bits per heavy atom. The third-order valence-electron chi connectivity index (χ3n) is 2.33. The number of fused-ring (bicyclic) bond motifs is 1. The third kappa shape index (κ3) is 10.7. The minimum absolute atomic E-state index is 0.178. The van der Waals surface area contributed by atoms with Gasteiger partial charge >= 0.3 is 0 Å². The Hall–Kier alpha value is -1.67. The van der Waals surface area contributed by atoms with Crippen molar-refractivity contribution in [3.63, 3.8) is 0 Å². The first-order valence-corrected chi connectivity index (χ1v) is 7.73. The first-order valence-electron chi connectivity index (χ1n) is 7.73. The van der Waals surface area contributed by atoms with Crippen molar-refractivity contribution in [1.82, 2.24) is 5.32 Å². The predicted molar refractivity (Wildman–Crippen MR) is 96.0 cm³/mol. The maximum absolute atomic E-state index is 9.98. The van der Waals surface area contributed by atoms with Gasteiger partial charge in [0.25, 0.3) is 0 Å². The van der Waals surface area contributed by atoms with Gasteiger partial charge in [-0.15, -0.1) is 0 Å². The largest absolute Gasteiger partial charge is 0.313 e. The van der Waals surface area contributed by atoms with Gasteiger partial charge < -0.3 is 5.32 Å². The van der Waals surface area contributed by atoms with Crippen LogP contribution in [0.1, 0.15) is 40.2 Å². The molecular weight excluding hydrogens is 258 g/mol. The molecule has 1 N–H and O–H groups in total. The van der Waals surface area contributed by atoms with Crippen LogP contribution in [0.4, 0.5) is 0 Å². The smallest absolute Gasteiger partial charge is 0.143 e. The summed E-state index contributed by atoms with van der Waals surface area (Å²) in [5.74, 6) is 0.178. The first-order chi connectivity index (χ1) is 10.1. The molecule has 0 aliphatic rings. The van der Waals surface area contributed by atoms with Gasteiger partial charge in [-0.3, -0.25) is 4.79 Å². The normalized spacial score (nSPS) is 8.33. The number of carbonyl (C=O) groups excluding carboxylic acids is 1. The average Bonchev–Trinajstić information content (AvgIpc) is 2.51. The van der Waals surface area contributed by atoms with E-state index >= 15 is 0 Å². The number of Topliss-reactive ketones (excluding diaryl/α,β-unsaturated/α-hetero) is 1. The van der Waals surface area contributed by atoms with E-state index in [4.69, 9.17) is 0 Å². The molecule has 0 atom stereocenters. The van der Waals surface area contributed by atoms with Crippen molar-refractivity contribution in [1.29, 1.82) is 0 Å². The summed E-state index contributed by atoms with van der Waals surface area (Å²) < 4.78 is 0. The van der Waals surface area contributed by atoms with E-state index in [2.05, 4.69) is 54.7 Å². The van der Waals surface area contributed by atoms with Gasteiger partial charge in [-0.2, -0.15) is 0 Å². The Bertz CT molecular complexity index is 492. The van der Waals surface area contributed by atoms with Crippen LogP contribution in [0.5, 0.6) is 0 Å². The third-order valence-corrected chi connectivity index (χ3v) is 2.33. The van der Waals surface area contributed by atoms with Gasteiger partial charge in [0.2, 0.25) is 0 Å². The first kappa shape index (κ1) is 21.6. The summed E-state index contributed by atoms with van der Waals surface area (Å²) in [7, 11) is 1.75. The lowest BCUT2D eigenvalue weighted by Gasteiger charge is -1.96. The van der Waals surface area contributed by atoms with Crippen LogP contribution in [-0.4, -0.2) is 19.4 Å². The zero-order valence-corrected chi connectivity index (χ0v) is 14.7. The van der Waals surface area contributed by atoms with E-state index in [0.29, 0.717) is 6.54 Å². The molecule has 0 aliphatic heterocycles. The van der Waals surface area contributed by atoms with Crippen molar-refractivity contribution in [2.24, 2.45) is 0 Å². The summed E-state index contributed by atoms with van der Waals surface area (Å²) in [5.41, 5.74) is 1.32. The highest BCUT2D eigenvalue weighted by Crippen LogP contribution is 2.14. The van der Waals surface area contributed by atoms with Gasteiger partial charge in [-0.05, 0) is 31.7 Å². The molecule has 0 radical (unpaired) electrons. The molecule has 2 rings (SSSR count). The quantitative estimate of drug-likeness (QED) is 0.843. The molecule has 2 aromatic carbocycles. The molecule has 0 amide bonds. The van der Waals surface area contributed by atoms with E-state index in [0.717, 1.165) is 0 Å². The number of ketones is 1. The monoisotopic (exact) mass is 289 g/mol. The second-order valence-corrected chi connectivity index (χ2v) is 4.08. The molecule has 2 aromatic rings. The fourth-order valence-corrected chi connectivity index (χ4v) is 1.56. The fraction of sp³-hybridized carbons (Fsp3) is 0.421. The van der Waals surface area contributed by atoms with Crippen LogP contribution in [0.15, 0.2) is 42.5 Å². The summed E-state index contributed by atoms with van der Waals surface area (Å²) in [6.45, 7) is 12.2. The van der Waals surface area contributed by atoms with Crippen molar-refractivity contribution in [3.05, 3.63) is 48.0 Å². The van der Waals surface area contributed by atoms with E-state index in [1.54, 1.807) is 14.0 Å². The summed E-state index contributed by atoms with van der Waals surface area (Å²) in [4.78, 5) is 9.98. The molecule has 0 unspecified atom stereocenters. The predicted octanol–water partition coefficient (Wildman–Crippen LogP) is 5.00. The van der Waals surface area contributed by atoms with E-state index < -0.39 is 0 Å². The number of aryl methyl sites for hydroxylation is 1. The zero-order valence-electron chi connectivity index (χ0n) is 14.7. The topological polar surface area (TPSA) is 29.1 Å². The van der Waals surface area contributed by atoms with Crippen LogP contribution in [-0.2, 0) is 4.79 Å². The molecule has 0 spiro atoms. The summed E-state index contributed by atoms with van der Waals surface area (Å²) >= 11 is 0. The summed E-state index contributed by atoms with van der Waals surface area (Å²) in [5, 5.41) is 5.36. The highest BCUT2D eigenvalue weighted by molar-refractivity contribution is 5.82. The molecule has 0 heterocycles. The maximum Gasteiger partial charge on any atom is 0.143 e. The van der Waals surface area contributed by atoms with Gasteiger partial charge in [-0.1, -0.05) is 75.7 Å². The highest BCUT2D eigenvalue weighted by Gasteiger charge is 1.89. The lowest BCUT2D eigenvalue weighted by molar-refractivity contribution is -0.116. The molecule has 0 saturated heterocycles. The molecule has 0 aromatic heterocycles. The second-order valence-electron chi connectivity index (χ2n) is 4.08. The lowest BCUT2D eigenvalue weighted by Crippen LogP contribution is -2.14. The van der Waals surface area contributed by atoms with Crippen LogP contribution < -0.4 is 5.32 Å². The minimum atomic E-state index is 0.178. The number of likely N-dealkylation sites (N-methyl/N-ethyl adjacent to an activating group) is 1. The highest BCUT2D eigenvalue weighted by atomic mass is 16.1. The van der Waals surface area contributed by atoms with Gasteiger partial charge in [-0.25, -0.2) is 0 Å². The average molecular weight is 289 g/mol. The van der Waals surface area contributed by atoms with E-state index in [1.165, 1.54) is 16.3 Å². The van der Waals surface area contributed by atoms with E-state index in [9.17, 15) is 4.79 Å². The Morgan fingerprint density at radius 2 is 1.48 bits per heavy atom. The van der Waals surface area contributed by atoms with Crippen LogP contribution in [0.3, 0.4) is 0 Å². The Kier molecular flexibility index (Phi) is 15.2. The van der Waals surface area contributed by atoms with Crippen LogP contribution in [0.25, 0.3) is 10.8 Å². The Morgan fingerprint density at radius 1 is 0.952 bits per heavy atom. The lowest BCUT2D eigenvalue weighted by atomic mass is 10.1. The Balaban J connectivity index is 0. The minimum Gasteiger partial charge on any atom is -0.313 e. The number of carbonyl (C=O) groups is 1. The molecule has 2 nitrogen and oxygen atoms in total. The van der Waals surface area contributed by atoms with Crippen LogP contribution in [0.2, 0.25) is 0 Å². The fourth-order valence-electron chi connectivity index (χ4n) is 1.56. The Labute approximate surface area is 130 Å².